The highest BCUT2D eigenvalue weighted by atomic mass is 31.2. The number of nitrogen functional groups attached to an aromatic ring is 1. The maximum Gasteiger partial charge on any atom is 0.326 e. The van der Waals surface area contributed by atoms with Gasteiger partial charge in [-0.05, 0) is 72.6 Å². The number of esters is 2. The molecule has 13 nitrogen and oxygen atoms in total. The SMILES string of the molecule is C[C@@H](Cn1cnc2c(N)ncnc21)OCP(=O)(N[C@H](C)C(=O)OC1CCCC1)NC(C)(C)C(=O)OC1CCC1. The molecule has 2 heterocycles. The number of hydrogen-bond acceptors (Lipinski definition) is 10. The van der Waals surface area contributed by atoms with Gasteiger partial charge in [0.05, 0.1) is 19.0 Å². The molecule has 2 aliphatic rings. The Kier molecular flexibility index (Phi) is 9.25. The number of imidazole rings is 1. The number of nitrogens with two attached hydrogens (primary N) is 1. The first kappa shape index (κ1) is 29.4. The third-order valence-corrected chi connectivity index (χ3v) is 9.30. The van der Waals surface area contributed by atoms with Gasteiger partial charge in [-0.2, -0.15) is 0 Å². The second-order valence-electron chi connectivity index (χ2n) is 11.1. The lowest BCUT2D eigenvalue weighted by atomic mass is 9.96. The van der Waals surface area contributed by atoms with Crippen LogP contribution in [0.1, 0.15) is 72.6 Å². The molecule has 2 aliphatic carbocycles. The molecule has 4 N–H and O–H groups in total. The molecule has 2 saturated carbocycles. The normalized spacial score (nSPS) is 19.8. The molecule has 39 heavy (non-hydrogen) atoms. The van der Waals surface area contributed by atoms with E-state index in [-0.39, 0.29) is 24.4 Å². The Bertz CT molecular complexity index is 1210. The molecule has 4 rings (SSSR count). The fourth-order valence-corrected chi connectivity index (χ4v) is 7.01. The van der Waals surface area contributed by atoms with Crippen LogP contribution in [-0.2, 0) is 34.9 Å². The predicted molar refractivity (Wildman–Crippen MR) is 145 cm³/mol. The van der Waals surface area contributed by atoms with Gasteiger partial charge in [-0.15, -0.1) is 0 Å². The van der Waals surface area contributed by atoms with E-state index in [1.165, 1.54) is 6.33 Å². The molecular formula is C25H40N7O6P. The zero-order chi connectivity index (χ0) is 28.2. The number of nitrogens with one attached hydrogen (secondary N) is 2. The Hall–Kier alpha value is -2.60. The first-order valence-electron chi connectivity index (χ1n) is 13.6. The smallest absolute Gasteiger partial charge is 0.326 e. The molecule has 0 aliphatic heterocycles. The summed E-state index contributed by atoms with van der Waals surface area (Å²) in [5, 5.41) is 5.83. The van der Waals surface area contributed by atoms with Crippen LogP contribution >= 0.6 is 7.44 Å². The molecule has 216 valence electrons. The topological polar surface area (TPSA) is 173 Å². The van der Waals surface area contributed by atoms with Crippen LogP contribution in [0.3, 0.4) is 0 Å². The summed E-state index contributed by atoms with van der Waals surface area (Å²) in [7, 11) is -3.68. The highest BCUT2D eigenvalue weighted by Gasteiger charge is 2.41. The van der Waals surface area contributed by atoms with Gasteiger partial charge in [0.25, 0.3) is 0 Å². The van der Waals surface area contributed by atoms with Crippen LogP contribution in [0.2, 0.25) is 0 Å². The minimum Gasteiger partial charge on any atom is -0.461 e. The zero-order valence-electron chi connectivity index (χ0n) is 23.1. The molecule has 1 unspecified atom stereocenters. The highest BCUT2D eigenvalue weighted by molar-refractivity contribution is 7.59. The number of anilines is 1. The largest absolute Gasteiger partial charge is 0.461 e. The van der Waals surface area contributed by atoms with Crippen molar-refractivity contribution in [2.24, 2.45) is 0 Å². The lowest BCUT2D eigenvalue weighted by molar-refractivity contribution is -0.159. The average Bonchev–Trinajstić information content (AvgIpc) is 3.50. The van der Waals surface area contributed by atoms with E-state index in [4.69, 9.17) is 19.9 Å². The molecule has 3 atom stereocenters. The minimum atomic E-state index is -3.68. The maximum atomic E-state index is 14.2. The number of rotatable bonds is 13. The lowest BCUT2D eigenvalue weighted by Gasteiger charge is -2.35. The molecule has 2 aromatic heterocycles. The molecule has 0 spiro atoms. The van der Waals surface area contributed by atoms with E-state index in [2.05, 4.69) is 25.1 Å². The average molecular weight is 566 g/mol. The number of aromatic nitrogens is 4. The van der Waals surface area contributed by atoms with Crippen molar-refractivity contribution in [1.82, 2.24) is 29.7 Å². The Labute approximate surface area is 228 Å². The number of ether oxygens (including phenoxy) is 3. The van der Waals surface area contributed by atoms with Gasteiger partial charge in [0.2, 0.25) is 7.44 Å². The lowest BCUT2D eigenvalue weighted by Crippen LogP contribution is -2.51. The number of hydrogen-bond donors (Lipinski definition) is 3. The number of carbonyl (C=O) groups is 2. The van der Waals surface area contributed by atoms with Crippen molar-refractivity contribution in [3.63, 3.8) is 0 Å². The van der Waals surface area contributed by atoms with Crippen LogP contribution in [0.25, 0.3) is 11.2 Å². The minimum absolute atomic E-state index is 0.120. The van der Waals surface area contributed by atoms with Crippen LogP contribution in [0.15, 0.2) is 12.7 Å². The Balaban J connectivity index is 1.43. The standard InChI is InChI=1S/C25H40N7O6P/c1-16(12-32-14-29-20-21(26)27-13-28-22(20)32)36-15-39(35,30-17(2)23(33)37-18-8-5-6-9-18)31-25(3,4)24(34)38-19-10-7-11-19/h13-14,16-19H,5-12,15H2,1-4H3,(H2,26,27,28)(H2,30,31,35)/t16-,17+,39?/m0/s1. The Morgan fingerprint density at radius 1 is 1.10 bits per heavy atom. The monoisotopic (exact) mass is 565 g/mol. The van der Waals surface area contributed by atoms with E-state index in [0.29, 0.717) is 17.7 Å². The molecule has 0 bridgehead atoms. The number of nitrogens with zero attached hydrogens (tertiary/aromatic N) is 4. The van der Waals surface area contributed by atoms with Crippen molar-refractivity contribution < 1.29 is 28.4 Å². The van der Waals surface area contributed by atoms with Crippen molar-refractivity contribution in [1.29, 1.82) is 0 Å². The van der Waals surface area contributed by atoms with Gasteiger partial charge in [-0.3, -0.25) is 14.2 Å². The van der Waals surface area contributed by atoms with Crippen LogP contribution in [0.4, 0.5) is 5.82 Å². The van der Waals surface area contributed by atoms with Crippen LogP contribution < -0.4 is 15.9 Å². The molecule has 2 aromatic rings. The molecular weight excluding hydrogens is 525 g/mol. The molecule has 0 aromatic carbocycles. The van der Waals surface area contributed by atoms with Gasteiger partial charge >= 0.3 is 11.9 Å². The second kappa shape index (κ2) is 12.3. The van der Waals surface area contributed by atoms with Crippen LogP contribution in [-0.4, -0.2) is 67.7 Å². The van der Waals surface area contributed by atoms with Crippen LogP contribution in [0.5, 0.6) is 0 Å². The van der Waals surface area contributed by atoms with Gasteiger partial charge in [0.15, 0.2) is 11.5 Å². The third-order valence-electron chi connectivity index (χ3n) is 7.06. The van der Waals surface area contributed by atoms with Crippen LogP contribution in [0, 0.1) is 0 Å². The first-order valence-corrected chi connectivity index (χ1v) is 15.5. The van der Waals surface area contributed by atoms with Gasteiger partial charge in [-0.1, -0.05) is 0 Å². The van der Waals surface area contributed by atoms with Crippen molar-refractivity contribution in [3.8, 4) is 0 Å². The van der Waals surface area contributed by atoms with Crippen molar-refractivity contribution in [2.75, 3.05) is 12.1 Å². The van der Waals surface area contributed by atoms with E-state index in [1.807, 2.05) is 6.92 Å². The van der Waals surface area contributed by atoms with Gasteiger partial charge in [-0.25, -0.2) is 25.1 Å². The summed E-state index contributed by atoms with van der Waals surface area (Å²) in [5.74, 6) is -0.723. The summed E-state index contributed by atoms with van der Waals surface area (Å²) in [6.07, 6.45) is 8.34. The Morgan fingerprint density at radius 2 is 1.77 bits per heavy atom. The number of carbonyl (C=O) groups excluding carboxylic acids is 2. The maximum absolute atomic E-state index is 14.2. The van der Waals surface area contributed by atoms with E-state index in [9.17, 15) is 14.2 Å². The zero-order valence-corrected chi connectivity index (χ0v) is 24.0. The van der Waals surface area contributed by atoms with E-state index in [0.717, 1.165) is 44.9 Å². The summed E-state index contributed by atoms with van der Waals surface area (Å²) >= 11 is 0. The van der Waals surface area contributed by atoms with Gasteiger partial charge in [0, 0.05) is 0 Å². The summed E-state index contributed by atoms with van der Waals surface area (Å²) in [6, 6.07) is -0.890. The van der Waals surface area contributed by atoms with E-state index >= 15 is 0 Å². The number of fused-ring (bicyclic) bond motifs is 1. The molecule has 0 saturated heterocycles. The predicted octanol–water partition coefficient (Wildman–Crippen LogP) is 2.89. The second-order valence-corrected chi connectivity index (χ2v) is 13.3. The van der Waals surface area contributed by atoms with Crippen molar-refractivity contribution in [3.05, 3.63) is 12.7 Å². The third kappa shape index (κ3) is 7.53. The summed E-state index contributed by atoms with van der Waals surface area (Å²) in [6.45, 7) is 6.97. The van der Waals surface area contributed by atoms with Gasteiger partial charge in [0.1, 0.15) is 42.0 Å². The summed E-state index contributed by atoms with van der Waals surface area (Å²) in [5.41, 5.74) is 5.62. The first-order chi connectivity index (χ1) is 18.5. The fraction of sp³-hybridized carbons (Fsp3) is 0.720. The Morgan fingerprint density at radius 3 is 2.44 bits per heavy atom. The highest BCUT2D eigenvalue weighted by Crippen LogP contribution is 2.41. The van der Waals surface area contributed by atoms with Crippen molar-refractivity contribution in [2.45, 2.75) is 109 Å². The molecule has 2 fully saturated rings. The van der Waals surface area contributed by atoms with E-state index < -0.39 is 37.1 Å². The molecule has 0 radical (unpaired) electrons. The van der Waals surface area contributed by atoms with E-state index in [1.54, 1.807) is 31.7 Å². The quantitative estimate of drug-likeness (QED) is 0.240. The fourth-order valence-electron chi connectivity index (χ4n) is 4.62. The molecule has 0 amide bonds. The van der Waals surface area contributed by atoms with Crippen molar-refractivity contribution >= 4 is 36.4 Å². The summed E-state index contributed by atoms with van der Waals surface area (Å²) < 4.78 is 33.1. The summed E-state index contributed by atoms with van der Waals surface area (Å²) in [4.78, 5) is 38.1. The van der Waals surface area contributed by atoms with Gasteiger partial charge < -0.3 is 24.5 Å². The molecule has 14 heteroatoms.